The minimum Gasteiger partial charge on any atom is -0.494 e. The van der Waals surface area contributed by atoms with Crippen molar-refractivity contribution in [3.63, 3.8) is 0 Å². The molecule has 356 valence electrons. The van der Waals surface area contributed by atoms with Crippen molar-refractivity contribution in [2.45, 2.75) is 87.5 Å². The van der Waals surface area contributed by atoms with E-state index in [0.29, 0.717) is 76.8 Å². The molecule has 6 N–H and O–H groups in total. The number of allylic oxidation sites excluding steroid dienone is 2. The number of likely N-dealkylation sites (tertiary alicyclic amines) is 1. The van der Waals surface area contributed by atoms with Crippen molar-refractivity contribution < 1.29 is 33.4 Å². The lowest BCUT2D eigenvalue weighted by Crippen LogP contribution is -2.43. The summed E-state index contributed by atoms with van der Waals surface area (Å²) in [4.78, 5) is 76.7. The first-order valence-corrected chi connectivity index (χ1v) is 22.4. The number of nitrogens with zero attached hydrogens (tertiary/aromatic N) is 9. The largest absolute Gasteiger partial charge is 0.494 e. The highest BCUT2D eigenvalue weighted by atomic mass is 16.5. The highest BCUT2D eigenvalue weighted by molar-refractivity contribution is 6.05. The molecule has 7 rings (SSSR count). The molecule has 20 nitrogen and oxygen atoms in total. The predicted molar refractivity (Wildman–Crippen MR) is 255 cm³/mol. The molecule has 20 heteroatoms. The lowest BCUT2D eigenvalue weighted by atomic mass is 9.91. The third-order valence-corrected chi connectivity index (χ3v) is 11.5. The van der Waals surface area contributed by atoms with Gasteiger partial charge in [-0.2, -0.15) is 10.2 Å². The van der Waals surface area contributed by atoms with Crippen LogP contribution in [0, 0.1) is 37.0 Å². The van der Waals surface area contributed by atoms with Crippen LogP contribution in [0.15, 0.2) is 48.6 Å². The number of hydrogen-bond donors (Lipinski definition) is 4. The van der Waals surface area contributed by atoms with E-state index in [1.165, 1.54) is 31.4 Å². The second-order valence-corrected chi connectivity index (χ2v) is 17.5. The zero-order valence-corrected chi connectivity index (χ0v) is 39.6. The van der Waals surface area contributed by atoms with E-state index in [9.17, 15) is 24.0 Å². The number of piperidine rings is 1. The minimum atomic E-state index is -0.704. The molecular weight excluding hydrogens is 871 g/mol. The number of amides is 5. The molecular formula is C48H57N13O7. The molecule has 0 spiro atoms. The highest BCUT2D eigenvalue weighted by Gasteiger charge is 2.30. The monoisotopic (exact) mass is 927 g/mol. The molecule has 0 unspecified atom stereocenters. The van der Waals surface area contributed by atoms with Crippen molar-refractivity contribution >= 4 is 63.5 Å². The van der Waals surface area contributed by atoms with Gasteiger partial charge in [0.25, 0.3) is 11.8 Å². The average molecular weight is 928 g/mol. The molecule has 0 aliphatic carbocycles. The van der Waals surface area contributed by atoms with Gasteiger partial charge in [-0.1, -0.05) is 44.8 Å². The van der Waals surface area contributed by atoms with Gasteiger partial charge >= 0.3 is 0 Å². The maximum atomic E-state index is 13.9. The van der Waals surface area contributed by atoms with Gasteiger partial charge in [-0.3, -0.25) is 44.0 Å². The van der Waals surface area contributed by atoms with Gasteiger partial charge in [0.1, 0.15) is 40.5 Å². The Kier molecular flexibility index (Phi) is 14.0. The molecule has 1 fully saturated rings. The van der Waals surface area contributed by atoms with E-state index < -0.39 is 29.0 Å². The van der Waals surface area contributed by atoms with Gasteiger partial charge in [0.05, 0.1) is 29.5 Å². The van der Waals surface area contributed by atoms with E-state index >= 15 is 0 Å². The van der Waals surface area contributed by atoms with E-state index in [0.717, 1.165) is 12.8 Å². The maximum Gasteiger partial charge on any atom is 0.276 e. The lowest BCUT2D eigenvalue weighted by molar-refractivity contribution is -0.140. The van der Waals surface area contributed by atoms with Crippen LogP contribution in [0.1, 0.15) is 101 Å². The number of anilines is 2. The molecule has 2 aromatic carbocycles. The fourth-order valence-electron chi connectivity index (χ4n) is 8.19. The molecule has 1 aliphatic rings. The quantitative estimate of drug-likeness (QED) is 0.0781. The summed E-state index contributed by atoms with van der Waals surface area (Å²) in [5.41, 5.74) is 14.9. The molecule has 1 aliphatic heterocycles. The van der Waals surface area contributed by atoms with Gasteiger partial charge in [0.15, 0.2) is 0 Å². The van der Waals surface area contributed by atoms with Gasteiger partial charge in [-0.25, -0.2) is 9.97 Å². The molecule has 0 radical (unpaired) electrons. The number of nitrogens with one attached hydrogen (secondary N) is 2. The van der Waals surface area contributed by atoms with E-state index in [-0.39, 0.29) is 60.3 Å². The third kappa shape index (κ3) is 10.2. The minimum absolute atomic E-state index is 0.0315. The van der Waals surface area contributed by atoms with Crippen molar-refractivity contribution in [1.82, 2.24) is 43.6 Å². The number of methoxy groups -OCH3 is 1. The normalized spacial score (nSPS) is 13.2. The molecule has 0 saturated carbocycles. The smallest absolute Gasteiger partial charge is 0.276 e. The molecule has 68 heavy (non-hydrogen) atoms. The van der Waals surface area contributed by atoms with E-state index in [1.807, 2.05) is 51.7 Å². The summed E-state index contributed by atoms with van der Waals surface area (Å²) in [5.74, 6) is 5.21. The Labute approximate surface area is 393 Å². The van der Waals surface area contributed by atoms with Gasteiger partial charge in [0.2, 0.25) is 29.6 Å². The Morgan fingerprint density at radius 1 is 0.750 bits per heavy atom. The van der Waals surface area contributed by atoms with E-state index in [4.69, 9.17) is 30.9 Å². The standard InChI is InChI=1S/C48H57N13O7/c1-9-60-35(22-28(3)55-60)43(64)53-46-51-33-24-31(41(49)62)26-37(67-8)39(33)58(46)17-11-12-18-59-40-34(52-47(59)54-44(65)36-23-29(4)56-61(36)10-2)25-32(42(50)63)27-38(40)68-21-13-14-30-15-19-57(20-16-30)45(66)48(5,6)7/h11-12,22-27,30H,9-10,15-21H2,1-8H3,(H2,49,62)(H2,50,63)(H,51,53,64)(H,52,54,65)/b12-11+. The Hall–Kier alpha value is -7.95. The number of imidazole rings is 2. The average Bonchev–Trinajstić information content (AvgIpc) is 4.07. The summed E-state index contributed by atoms with van der Waals surface area (Å²) in [5, 5.41) is 14.7. The summed E-state index contributed by atoms with van der Waals surface area (Å²) in [6.07, 6.45) is 5.14. The lowest BCUT2D eigenvalue weighted by Gasteiger charge is -2.34. The van der Waals surface area contributed by atoms with Crippen molar-refractivity contribution in [1.29, 1.82) is 0 Å². The third-order valence-electron chi connectivity index (χ3n) is 11.5. The van der Waals surface area contributed by atoms with Crippen molar-refractivity contribution in [2.75, 3.05) is 37.4 Å². The summed E-state index contributed by atoms with van der Waals surface area (Å²) < 4.78 is 18.7. The first-order chi connectivity index (χ1) is 32.4. The molecule has 5 amide bonds. The van der Waals surface area contributed by atoms with Crippen LogP contribution in [0.2, 0.25) is 0 Å². The Morgan fingerprint density at radius 2 is 1.22 bits per heavy atom. The van der Waals surface area contributed by atoms with Crippen molar-refractivity contribution in [2.24, 2.45) is 22.8 Å². The van der Waals surface area contributed by atoms with Crippen LogP contribution >= 0.6 is 0 Å². The Bertz CT molecular complexity index is 3040. The van der Waals surface area contributed by atoms with Crippen LogP contribution in [-0.2, 0) is 31.0 Å². The topological polar surface area (TPSA) is 254 Å². The van der Waals surface area contributed by atoms with Crippen molar-refractivity contribution in [3.8, 4) is 23.3 Å². The fraction of sp³-hybridized carbons (Fsp3) is 0.396. The zero-order valence-electron chi connectivity index (χ0n) is 39.6. The number of nitrogens with two attached hydrogens (primary N) is 2. The van der Waals surface area contributed by atoms with E-state index in [2.05, 4.69) is 32.7 Å². The first-order valence-electron chi connectivity index (χ1n) is 22.4. The van der Waals surface area contributed by atoms with Gasteiger partial charge in [0, 0.05) is 61.7 Å². The number of carbonyl (C=O) groups excluding carboxylic acids is 5. The molecule has 4 aromatic heterocycles. The molecule has 6 aromatic rings. The second kappa shape index (κ2) is 19.9. The molecule has 0 bridgehead atoms. The Morgan fingerprint density at radius 3 is 1.66 bits per heavy atom. The van der Waals surface area contributed by atoms with Crippen LogP contribution < -0.4 is 31.6 Å². The number of aromatic nitrogens is 8. The number of benzene rings is 2. The number of hydrogen-bond acceptors (Lipinski definition) is 11. The van der Waals surface area contributed by atoms with E-state index in [1.54, 1.807) is 44.5 Å². The number of ether oxygens (including phenoxy) is 2. The summed E-state index contributed by atoms with van der Waals surface area (Å²) in [6.45, 7) is 15.5. The summed E-state index contributed by atoms with van der Waals surface area (Å²) in [7, 11) is 1.46. The number of carbonyl (C=O) groups is 5. The van der Waals surface area contributed by atoms with Gasteiger partial charge in [-0.05, 0) is 76.9 Å². The van der Waals surface area contributed by atoms with Crippen LogP contribution in [0.25, 0.3) is 22.1 Å². The number of fused-ring (bicyclic) bond motifs is 2. The van der Waals surface area contributed by atoms with Gasteiger partial charge < -0.3 is 35.0 Å². The molecule has 5 heterocycles. The van der Waals surface area contributed by atoms with Crippen molar-refractivity contribution in [3.05, 3.63) is 82.5 Å². The summed E-state index contributed by atoms with van der Waals surface area (Å²) in [6, 6.07) is 9.46. The van der Waals surface area contributed by atoms with Gasteiger partial charge in [-0.15, -0.1) is 0 Å². The first kappa shape index (κ1) is 48.0. The van der Waals surface area contributed by atoms with Crippen LogP contribution in [-0.4, -0.2) is 99.9 Å². The maximum absolute atomic E-state index is 13.9. The highest BCUT2D eigenvalue weighted by Crippen LogP contribution is 2.33. The van der Waals surface area contributed by atoms with Crippen LogP contribution in [0.4, 0.5) is 11.9 Å². The Balaban J connectivity index is 1.23. The number of primary amides is 2. The summed E-state index contributed by atoms with van der Waals surface area (Å²) >= 11 is 0. The van der Waals surface area contributed by atoms with Crippen LogP contribution in [0.5, 0.6) is 11.5 Å². The van der Waals surface area contributed by atoms with Crippen LogP contribution in [0.3, 0.4) is 0 Å². The second-order valence-electron chi connectivity index (χ2n) is 17.5. The predicted octanol–water partition coefficient (Wildman–Crippen LogP) is 5.07. The number of rotatable bonds is 15. The molecule has 0 atom stereocenters. The zero-order chi connectivity index (χ0) is 49.0. The number of aryl methyl sites for hydroxylation is 4. The molecule has 1 saturated heterocycles. The fourth-order valence-corrected chi connectivity index (χ4v) is 8.19. The SMILES string of the molecule is CCn1nc(C)cc1C(=O)Nc1nc2cc(C(N)=O)cc(OC)c2n1C/C=C/Cn1c(NC(=O)c2cc(C)nn2CC)nc2cc(C(N)=O)cc(OCC#CC3CCN(C(=O)C(C)(C)C)CC3)c21.